The molecule has 1 rings (SSSR count). The maximum Gasteiger partial charge on any atom is 0.0637 e. The molecule has 1 fully saturated rings. The van der Waals surface area contributed by atoms with Gasteiger partial charge >= 0.3 is 0 Å². The van der Waals surface area contributed by atoms with Crippen LogP contribution in [0.2, 0.25) is 0 Å². The van der Waals surface area contributed by atoms with Crippen LogP contribution < -0.4 is 5.73 Å². The zero-order valence-electron chi connectivity index (χ0n) is 6.89. The summed E-state index contributed by atoms with van der Waals surface area (Å²) >= 11 is 0. The molecule has 0 bridgehead atoms. The van der Waals surface area contributed by atoms with E-state index in [-0.39, 0.29) is 0 Å². The highest BCUT2D eigenvalue weighted by Gasteiger charge is 2.47. The van der Waals surface area contributed by atoms with Crippen LogP contribution >= 0.6 is 0 Å². The Bertz CT molecular complexity index is 106. The van der Waals surface area contributed by atoms with E-state index in [1.165, 1.54) is 12.8 Å². The highest BCUT2D eigenvalue weighted by atomic mass is 16.5. The van der Waals surface area contributed by atoms with Gasteiger partial charge in [-0.3, -0.25) is 0 Å². The SMILES string of the molecule is CCC(OC)C1(CN)CC1. The van der Waals surface area contributed by atoms with Crippen LogP contribution in [0.1, 0.15) is 26.2 Å². The summed E-state index contributed by atoms with van der Waals surface area (Å²) in [4.78, 5) is 0. The molecule has 10 heavy (non-hydrogen) atoms. The van der Waals surface area contributed by atoms with Crippen molar-refractivity contribution in [2.45, 2.75) is 32.3 Å². The molecule has 0 amide bonds. The molecule has 2 heteroatoms. The van der Waals surface area contributed by atoms with Crippen molar-refractivity contribution in [2.24, 2.45) is 11.1 Å². The van der Waals surface area contributed by atoms with Crippen LogP contribution in [0.25, 0.3) is 0 Å². The molecule has 1 atom stereocenters. The summed E-state index contributed by atoms with van der Waals surface area (Å²) in [7, 11) is 1.78. The van der Waals surface area contributed by atoms with Gasteiger partial charge in [-0.05, 0) is 19.3 Å². The van der Waals surface area contributed by atoms with Crippen LogP contribution in [0.4, 0.5) is 0 Å². The number of hydrogen-bond acceptors (Lipinski definition) is 2. The van der Waals surface area contributed by atoms with Gasteiger partial charge in [-0.2, -0.15) is 0 Å². The molecule has 0 aliphatic heterocycles. The summed E-state index contributed by atoms with van der Waals surface area (Å²) < 4.78 is 5.34. The van der Waals surface area contributed by atoms with E-state index in [1.54, 1.807) is 7.11 Å². The molecule has 2 N–H and O–H groups in total. The minimum Gasteiger partial charge on any atom is -0.381 e. The predicted molar refractivity (Wildman–Crippen MR) is 41.8 cm³/mol. The molecule has 0 radical (unpaired) electrons. The fourth-order valence-corrected chi connectivity index (χ4v) is 1.67. The van der Waals surface area contributed by atoms with Gasteiger partial charge in [0.1, 0.15) is 0 Å². The normalized spacial score (nSPS) is 24.3. The molecule has 2 nitrogen and oxygen atoms in total. The van der Waals surface area contributed by atoms with Crippen molar-refractivity contribution in [3.63, 3.8) is 0 Å². The Morgan fingerprint density at radius 1 is 1.60 bits per heavy atom. The average molecular weight is 143 g/mol. The van der Waals surface area contributed by atoms with Gasteiger partial charge < -0.3 is 10.5 Å². The van der Waals surface area contributed by atoms with Gasteiger partial charge in [0, 0.05) is 19.1 Å². The van der Waals surface area contributed by atoms with Crippen molar-refractivity contribution >= 4 is 0 Å². The van der Waals surface area contributed by atoms with E-state index in [4.69, 9.17) is 10.5 Å². The lowest BCUT2D eigenvalue weighted by Gasteiger charge is -2.22. The molecule has 60 valence electrons. The Morgan fingerprint density at radius 3 is 2.30 bits per heavy atom. The third-order valence-electron chi connectivity index (χ3n) is 2.64. The molecule has 1 aliphatic rings. The second-order valence-electron chi connectivity index (χ2n) is 3.20. The van der Waals surface area contributed by atoms with Crippen molar-refractivity contribution in [1.82, 2.24) is 0 Å². The molecular formula is C8H17NO. The van der Waals surface area contributed by atoms with Crippen LogP contribution in [-0.2, 0) is 4.74 Å². The number of hydrogen-bond donors (Lipinski definition) is 1. The first-order valence-corrected chi connectivity index (χ1v) is 4.02. The molecular weight excluding hydrogens is 126 g/mol. The van der Waals surface area contributed by atoms with E-state index in [9.17, 15) is 0 Å². The Morgan fingerprint density at radius 2 is 2.20 bits per heavy atom. The number of nitrogens with two attached hydrogens (primary N) is 1. The first-order valence-electron chi connectivity index (χ1n) is 4.02. The van der Waals surface area contributed by atoms with E-state index in [0.717, 1.165) is 13.0 Å². The molecule has 0 aromatic rings. The van der Waals surface area contributed by atoms with Crippen molar-refractivity contribution in [1.29, 1.82) is 0 Å². The highest BCUT2D eigenvalue weighted by molar-refractivity contribution is 4.99. The van der Waals surface area contributed by atoms with Gasteiger partial charge in [0.2, 0.25) is 0 Å². The Labute approximate surface area is 62.7 Å². The predicted octanol–water partition coefficient (Wildman–Crippen LogP) is 1.15. The van der Waals surface area contributed by atoms with Gasteiger partial charge in [0.25, 0.3) is 0 Å². The average Bonchev–Trinajstić information content (AvgIpc) is 2.72. The molecule has 0 saturated heterocycles. The number of ether oxygens (including phenoxy) is 1. The van der Waals surface area contributed by atoms with Gasteiger partial charge in [-0.25, -0.2) is 0 Å². The van der Waals surface area contributed by atoms with E-state index >= 15 is 0 Å². The second kappa shape index (κ2) is 2.89. The Kier molecular flexibility index (Phi) is 2.32. The van der Waals surface area contributed by atoms with E-state index in [0.29, 0.717) is 11.5 Å². The van der Waals surface area contributed by atoms with Gasteiger partial charge in [0.15, 0.2) is 0 Å². The maximum absolute atomic E-state index is 5.64. The van der Waals surface area contributed by atoms with Crippen molar-refractivity contribution in [2.75, 3.05) is 13.7 Å². The van der Waals surface area contributed by atoms with Gasteiger partial charge in [-0.1, -0.05) is 6.92 Å². The second-order valence-corrected chi connectivity index (χ2v) is 3.20. The summed E-state index contributed by atoms with van der Waals surface area (Å²) in [6, 6.07) is 0. The van der Waals surface area contributed by atoms with Gasteiger partial charge in [0.05, 0.1) is 6.10 Å². The van der Waals surface area contributed by atoms with Crippen molar-refractivity contribution < 1.29 is 4.74 Å². The molecule has 1 aliphatic carbocycles. The largest absolute Gasteiger partial charge is 0.381 e. The van der Waals surface area contributed by atoms with Crippen molar-refractivity contribution in [3.05, 3.63) is 0 Å². The van der Waals surface area contributed by atoms with Crippen LogP contribution in [0.3, 0.4) is 0 Å². The monoisotopic (exact) mass is 143 g/mol. The zero-order chi connectivity index (χ0) is 7.61. The van der Waals surface area contributed by atoms with Crippen LogP contribution in [0.15, 0.2) is 0 Å². The number of rotatable bonds is 4. The third-order valence-corrected chi connectivity index (χ3v) is 2.64. The summed E-state index contributed by atoms with van der Waals surface area (Å²) in [5.41, 5.74) is 6.01. The van der Waals surface area contributed by atoms with Crippen molar-refractivity contribution in [3.8, 4) is 0 Å². The fraction of sp³-hybridized carbons (Fsp3) is 1.00. The smallest absolute Gasteiger partial charge is 0.0637 e. The lowest BCUT2D eigenvalue weighted by atomic mass is 9.97. The minimum absolute atomic E-state index is 0.365. The van der Waals surface area contributed by atoms with Crippen LogP contribution in [-0.4, -0.2) is 19.8 Å². The molecule has 0 aromatic heterocycles. The molecule has 1 saturated carbocycles. The lowest BCUT2D eigenvalue weighted by Crippen LogP contribution is -2.30. The molecule has 0 spiro atoms. The van der Waals surface area contributed by atoms with E-state index < -0.39 is 0 Å². The first-order chi connectivity index (χ1) is 4.79. The summed E-state index contributed by atoms with van der Waals surface area (Å²) in [5, 5.41) is 0. The summed E-state index contributed by atoms with van der Waals surface area (Å²) in [5.74, 6) is 0. The molecule has 0 aromatic carbocycles. The topological polar surface area (TPSA) is 35.2 Å². The summed E-state index contributed by atoms with van der Waals surface area (Å²) in [6.07, 6.45) is 4.01. The minimum atomic E-state index is 0.365. The number of methoxy groups -OCH3 is 1. The Balaban J connectivity index is 2.43. The first kappa shape index (κ1) is 8.02. The zero-order valence-corrected chi connectivity index (χ0v) is 6.89. The van der Waals surface area contributed by atoms with E-state index in [1.807, 2.05) is 0 Å². The van der Waals surface area contributed by atoms with Crippen LogP contribution in [0.5, 0.6) is 0 Å². The maximum atomic E-state index is 5.64. The highest BCUT2D eigenvalue weighted by Crippen LogP contribution is 2.49. The van der Waals surface area contributed by atoms with Crippen LogP contribution in [0, 0.1) is 5.41 Å². The molecule has 0 heterocycles. The lowest BCUT2D eigenvalue weighted by molar-refractivity contribution is 0.0405. The van der Waals surface area contributed by atoms with E-state index in [2.05, 4.69) is 6.92 Å². The fourth-order valence-electron chi connectivity index (χ4n) is 1.67. The van der Waals surface area contributed by atoms with Gasteiger partial charge in [-0.15, -0.1) is 0 Å². The molecule has 1 unspecified atom stereocenters. The Hall–Kier alpha value is -0.0800. The summed E-state index contributed by atoms with van der Waals surface area (Å²) in [6.45, 7) is 2.95. The third kappa shape index (κ3) is 1.18. The standard InChI is InChI=1S/C8H17NO/c1-3-7(10-2)8(6-9)4-5-8/h7H,3-6,9H2,1-2H3. The quantitative estimate of drug-likeness (QED) is 0.640.